The molecule has 1 saturated heterocycles. The van der Waals surface area contributed by atoms with Gasteiger partial charge in [0, 0.05) is 36.9 Å². The Kier molecular flexibility index (Phi) is 5.25. The van der Waals surface area contributed by atoms with Crippen LogP contribution in [0.5, 0.6) is 0 Å². The zero-order chi connectivity index (χ0) is 17.9. The smallest absolute Gasteiger partial charge is 0.239 e. The van der Waals surface area contributed by atoms with Crippen LogP contribution in [0.15, 0.2) is 28.8 Å². The maximum Gasteiger partial charge on any atom is 0.239 e. The first-order valence-electron chi connectivity index (χ1n) is 10.2. The molecule has 2 aliphatic rings. The van der Waals surface area contributed by atoms with Crippen LogP contribution < -0.4 is 0 Å². The predicted octanol–water partition coefficient (Wildman–Crippen LogP) is 4.35. The molecule has 0 bridgehead atoms. The van der Waals surface area contributed by atoms with Gasteiger partial charge in [0.1, 0.15) is 0 Å². The molecule has 140 valence electrons. The molecule has 1 aliphatic heterocycles. The van der Waals surface area contributed by atoms with Crippen LogP contribution in [0.2, 0.25) is 0 Å². The van der Waals surface area contributed by atoms with Crippen molar-refractivity contribution in [2.45, 2.75) is 57.8 Å². The summed E-state index contributed by atoms with van der Waals surface area (Å²) in [5, 5.41) is 9.77. The van der Waals surface area contributed by atoms with E-state index in [0.717, 1.165) is 62.0 Å². The topological polar surface area (TPSA) is 49.6 Å². The summed E-state index contributed by atoms with van der Waals surface area (Å²) in [6.45, 7) is 4.70. The van der Waals surface area contributed by atoms with E-state index in [2.05, 4.69) is 23.2 Å². The summed E-state index contributed by atoms with van der Waals surface area (Å²) in [4.78, 5) is 13.0. The Hall–Kier alpha value is -1.88. The summed E-state index contributed by atoms with van der Waals surface area (Å²) in [7, 11) is 0. The minimum absolute atomic E-state index is 0.237. The van der Waals surface area contributed by atoms with Gasteiger partial charge in [0.25, 0.3) is 0 Å². The molecule has 2 heterocycles. The lowest BCUT2D eigenvalue weighted by molar-refractivity contribution is -0.156. The molecule has 1 amide bonds. The van der Waals surface area contributed by atoms with Crippen molar-refractivity contribution in [3.05, 3.63) is 30.0 Å². The Morgan fingerprint density at radius 3 is 2.62 bits per heavy atom. The van der Waals surface area contributed by atoms with Crippen LogP contribution in [-0.2, 0) is 4.79 Å². The Morgan fingerprint density at radius 2 is 1.88 bits per heavy atom. The average molecular weight is 355 g/mol. The maximum atomic E-state index is 13.0. The van der Waals surface area contributed by atoms with Crippen molar-refractivity contribution in [1.29, 1.82) is 0 Å². The molecule has 0 N–H and O–H groups in total. The van der Waals surface area contributed by atoms with Crippen LogP contribution in [0.1, 0.15) is 63.5 Å². The van der Waals surface area contributed by atoms with Gasteiger partial charge in [-0.3, -0.25) is 9.80 Å². The summed E-state index contributed by atoms with van der Waals surface area (Å²) in [5.41, 5.74) is 1.95. The van der Waals surface area contributed by atoms with Gasteiger partial charge in [-0.05, 0) is 44.7 Å². The van der Waals surface area contributed by atoms with E-state index in [0.29, 0.717) is 11.8 Å². The highest BCUT2D eigenvalue weighted by atomic mass is 16.5. The van der Waals surface area contributed by atoms with Crippen molar-refractivity contribution in [3.8, 4) is 0 Å². The van der Waals surface area contributed by atoms with Crippen LogP contribution in [0.25, 0.3) is 11.0 Å². The molecule has 1 aromatic carbocycles. The second-order valence-corrected chi connectivity index (χ2v) is 7.68. The Balaban J connectivity index is 1.41. The molecule has 1 aliphatic carbocycles. The van der Waals surface area contributed by atoms with Crippen LogP contribution in [0.3, 0.4) is 0 Å². The molecule has 2 aromatic rings. The molecule has 26 heavy (non-hydrogen) atoms. The van der Waals surface area contributed by atoms with Crippen LogP contribution in [0, 0.1) is 5.92 Å². The van der Waals surface area contributed by atoms with Gasteiger partial charge in [-0.2, -0.15) is 0 Å². The maximum absolute atomic E-state index is 13.0. The number of rotatable bonds is 4. The predicted molar refractivity (Wildman–Crippen MR) is 102 cm³/mol. The van der Waals surface area contributed by atoms with Crippen molar-refractivity contribution in [2.24, 2.45) is 5.92 Å². The van der Waals surface area contributed by atoms with Gasteiger partial charge in [-0.1, -0.05) is 36.6 Å². The molecular weight excluding hydrogens is 326 g/mol. The zero-order valence-corrected chi connectivity index (χ0v) is 15.7. The van der Waals surface area contributed by atoms with Crippen LogP contribution in [-0.4, -0.2) is 40.7 Å². The molecule has 0 atom stereocenters. The highest BCUT2D eigenvalue weighted by molar-refractivity contribution is 5.80. The van der Waals surface area contributed by atoms with Gasteiger partial charge in [0.2, 0.25) is 5.91 Å². The molecule has 1 saturated carbocycles. The number of aromatic nitrogens is 1. The minimum atomic E-state index is 0.237. The van der Waals surface area contributed by atoms with Gasteiger partial charge in [-0.25, -0.2) is 5.01 Å². The summed E-state index contributed by atoms with van der Waals surface area (Å²) >= 11 is 0. The molecule has 0 spiro atoms. The second-order valence-electron chi connectivity index (χ2n) is 7.68. The fourth-order valence-corrected chi connectivity index (χ4v) is 4.64. The number of hydrogen-bond donors (Lipinski definition) is 0. The third-order valence-corrected chi connectivity index (χ3v) is 6.11. The summed E-state index contributed by atoms with van der Waals surface area (Å²) in [6.07, 6.45) is 7.86. The number of fused-ring (bicyclic) bond motifs is 1. The van der Waals surface area contributed by atoms with E-state index in [1.807, 2.05) is 23.2 Å². The largest absolute Gasteiger partial charge is 0.356 e. The number of hydrogen-bond acceptors (Lipinski definition) is 4. The molecule has 5 nitrogen and oxygen atoms in total. The molecule has 4 rings (SSSR count). The highest BCUT2D eigenvalue weighted by Crippen LogP contribution is 2.33. The van der Waals surface area contributed by atoms with Gasteiger partial charge >= 0.3 is 0 Å². The summed E-state index contributed by atoms with van der Waals surface area (Å²) < 4.78 is 5.49. The van der Waals surface area contributed by atoms with E-state index >= 15 is 0 Å². The molecule has 0 unspecified atom stereocenters. The number of nitrogens with zero attached hydrogens (tertiary/aromatic N) is 3. The lowest BCUT2D eigenvalue weighted by Crippen LogP contribution is -2.51. The van der Waals surface area contributed by atoms with Crippen molar-refractivity contribution >= 4 is 16.9 Å². The number of para-hydroxylation sites is 1. The Bertz CT molecular complexity index is 743. The van der Waals surface area contributed by atoms with Gasteiger partial charge < -0.3 is 4.52 Å². The van der Waals surface area contributed by atoms with Crippen LogP contribution >= 0.6 is 0 Å². The van der Waals surface area contributed by atoms with E-state index in [4.69, 9.17) is 4.52 Å². The first-order chi connectivity index (χ1) is 12.8. The zero-order valence-electron chi connectivity index (χ0n) is 15.7. The number of amides is 1. The second kappa shape index (κ2) is 7.78. The van der Waals surface area contributed by atoms with Crippen molar-refractivity contribution < 1.29 is 9.32 Å². The Labute approximate surface area is 155 Å². The van der Waals surface area contributed by atoms with Crippen molar-refractivity contribution in [1.82, 2.24) is 15.2 Å². The number of carbonyl (C=O) groups excluding carboxylic acids is 1. The number of piperidine rings is 1. The lowest BCUT2D eigenvalue weighted by atomic mass is 9.88. The standard InChI is InChI=1S/C21H29N3O2/c1-2-24(21(25)17-8-4-3-5-9-17)23-14-12-16(13-15-23)20-18-10-6-7-11-19(18)26-22-20/h6-7,10-11,16-17H,2-5,8-9,12-15H2,1H3. The van der Waals surface area contributed by atoms with E-state index in [-0.39, 0.29) is 5.92 Å². The van der Waals surface area contributed by atoms with Crippen LogP contribution in [0.4, 0.5) is 0 Å². The average Bonchev–Trinajstić information content (AvgIpc) is 3.14. The number of benzene rings is 1. The molecule has 1 aromatic heterocycles. The summed E-state index contributed by atoms with van der Waals surface area (Å²) in [6, 6.07) is 8.09. The van der Waals surface area contributed by atoms with E-state index in [9.17, 15) is 4.79 Å². The highest BCUT2D eigenvalue weighted by Gasteiger charge is 2.32. The quantitative estimate of drug-likeness (QED) is 0.818. The third-order valence-electron chi connectivity index (χ3n) is 6.11. The number of hydrazine groups is 1. The Morgan fingerprint density at radius 1 is 1.15 bits per heavy atom. The first-order valence-corrected chi connectivity index (χ1v) is 10.2. The van der Waals surface area contributed by atoms with E-state index < -0.39 is 0 Å². The van der Waals surface area contributed by atoms with Gasteiger partial charge in [0.15, 0.2) is 5.58 Å². The normalized spacial score (nSPS) is 20.5. The molecular formula is C21H29N3O2. The summed E-state index contributed by atoms with van der Waals surface area (Å²) in [5.74, 6) is 0.997. The van der Waals surface area contributed by atoms with E-state index in [1.54, 1.807) is 0 Å². The minimum Gasteiger partial charge on any atom is -0.356 e. The number of carbonyl (C=O) groups is 1. The third kappa shape index (κ3) is 3.37. The van der Waals surface area contributed by atoms with E-state index in [1.165, 1.54) is 19.3 Å². The van der Waals surface area contributed by atoms with Crippen molar-refractivity contribution in [3.63, 3.8) is 0 Å². The lowest BCUT2D eigenvalue weighted by Gasteiger charge is -2.40. The van der Waals surface area contributed by atoms with Gasteiger partial charge in [0.05, 0.1) is 5.69 Å². The molecule has 2 fully saturated rings. The molecule has 5 heteroatoms. The van der Waals surface area contributed by atoms with Gasteiger partial charge in [-0.15, -0.1) is 0 Å². The first kappa shape index (κ1) is 17.5. The fraction of sp³-hybridized carbons (Fsp3) is 0.619. The molecule has 0 radical (unpaired) electrons. The SMILES string of the molecule is CCN(C(=O)C1CCCCC1)N1CCC(c2noc3ccccc23)CC1. The monoisotopic (exact) mass is 355 g/mol. The van der Waals surface area contributed by atoms with Crippen molar-refractivity contribution in [2.75, 3.05) is 19.6 Å². The fourth-order valence-electron chi connectivity index (χ4n) is 4.64.